The van der Waals surface area contributed by atoms with E-state index in [0.717, 1.165) is 11.3 Å². The van der Waals surface area contributed by atoms with Crippen LogP contribution in [-0.4, -0.2) is 29.4 Å². The standard InChI is InChI=1S/C11H12N2O4S/c1-5-4-18-9(11(16)17)8(5)13-10(15)6-2-7(14)12-3-6/h4,6H,2-3H2,1H3,(H,12,14)(H,13,15)(H,16,17). The zero-order valence-corrected chi connectivity index (χ0v) is 10.5. The summed E-state index contributed by atoms with van der Waals surface area (Å²) in [6, 6.07) is 0. The Bertz CT molecular complexity index is 523. The molecule has 1 fully saturated rings. The summed E-state index contributed by atoms with van der Waals surface area (Å²) in [6.07, 6.45) is 0.150. The maximum atomic E-state index is 11.9. The monoisotopic (exact) mass is 268 g/mol. The van der Waals surface area contributed by atoms with Crippen LogP contribution in [0.4, 0.5) is 5.69 Å². The molecule has 96 valence electrons. The zero-order valence-electron chi connectivity index (χ0n) is 9.65. The third-order valence-electron chi connectivity index (χ3n) is 2.77. The topological polar surface area (TPSA) is 95.5 Å². The van der Waals surface area contributed by atoms with Crippen LogP contribution in [0.15, 0.2) is 5.38 Å². The molecular formula is C11H12N2O4S. The summed E-state index contributed by atoms with van der Waals surface area (Å²) in [7, 11) is 0. The summed E-state index contributed by atoms with van der Waals surface area (Å²) in [4.78, 5) is 34.0. The average molecular weight is 268 g/mol. The third-order valence-corrected chi connectivity index (χ3v) is 3.85. The number of nitrogens with one attached hydrogen (secondary N) is 2. The van der Waals surface area contributed by atoms with Crippen molar-refractivity contribution in [1.29, 1.82) is 0 Å². The predicted octanol–water partition coefficient (Wildman–Crippen LogP) is 0.829. The molecule has 18 heavy (non-hydrogen) atoms. The van der Waals surface area contributed by atoms with Crippen LogP contribution >= 0.6 is 11.3 Å². The molecule has 1 unspecified atom stereocenters. The van der Waals surface area contributed by atoms with Crippen molar-refractivity contribution >= 4 is 34.8 Å². The van der Waals surface area contributed by atoms with Gasteiger partial charge in [-0.15, -0.1) is 11.3 Å². The molecule has 2 rings (SSSR count). The highest BCUT2D eigenvalue weighted by Gasteiger charge is 2.29. The number of carboxylic acids is 1. The molecule has 6 nitrogen and oxygen atoms in total. The van der Waals surface area contributed by atoms with Crippen molar-refractivity contribution in [2.45, 2.75) is 13.3 Å². The average Bonchev–Trinajstić information content (AvgIpc) is 2.87. The molecule has 0 spiro atoms. The molecular weight excluding hydrogens is 256 g/mol. The maximum Gasteiger partial charge on any atom is 0.348 e. The normalized spacial score (nSPS) is 18.5. The van der Waals surface area contributed by atoms with Crippen LogP contribution in [0, 0.1) is 12.8 Å². The zero-order chi connectivity index (χ0) is 13.3. The molecule has 0 aliphatic carbocycles. The van der Waals surface area contributed by atoms with Gasteiger partial charge in [-0.25, -0.2) is 4.79 Å². The van der Waals surface area contributed by atoms with Crippen LogP contribution in [0.3, 0.4) is 0 Å². The molecule has 2 amide bonds. The number of rotatable bonds is 3. The summed E-state index contributed by atoms with van der Waals surface area (Å²) in [5, 5.41) is 15.8. The number of hydrogen-bond donors (Lipinski definition) is 3. The second-order valence-corrected chi connectivity index (χ2v) is 5.00. The van der Waals surface area contributed by atoms with E-state index in [-0.39, 0.29) is 23.1 Å². The van der Waals surface area contributed by atoms with Crippen molar-refractivity contribution in [1.82, 2.24) is 5.32 Å². The number of carboxylic acid groups (broad SMARTS) is 1. The van der Waals surface area contributed by atoms with E-state index in [1.165, 1.54) is 0 Å². The molecule has 1 saturated heterocycles. The fourth-order valence-corrected chi connectivity index (χ4v) is 2.62. The van der Waals surface area contributed by atoms with Crippen molar-refractivity contribution in [2.24, 2.45) is 5.92 Å². The van der Waals surface area contributed by atoms with Gasteiger partial charge in [0, 0.05) is 13.0 Å². The summed E-state index contributed by atoms with van der Waals surface area (Å²) >= 11 is 1.07. The number of hydrogen-bond acceptors (Lipinski definition) is 4. The highest BCUT2D eigenvalue weighted by atomic mass is 32.1. The molecule has 1 atom stereocenters. The molecule has 1 aromatic heterocycles. The van der Waals surface area contributed by atoms with Crippen molar-refractivity contribution in [3.63, 3.8) is 0 Å². The second kappa shape index (κ2) is 4.77. The first kappa shape index (κ1) is 12.6. The molecule has 0 bridgehead atoms. The fraction of sp³-hybridized carbons (Fsp3) is 0.364. The van der Waals surface area contributed by atoms with Crippen molar-refractivity contribution in [3.05, 3.63) is 15.8 Å². The van der Waals surface area contributed by atoms with Crippen LogP contribution in [0.25, 0.3) is 0 Å². The van der Waals surface area contributed by atoms with Gasteiger partial charge in [0.05, 0.1) is 11.6 Å². The van der Waals surface area contributed by atoms with Gasteiger partial charge in [0.25, 0.3) is 0 Å². The van der Waals surface area contributed by atoms with E-state index in [1.807, 2.05) is 0 Å². The summed E-state index contributed by atoms with van der Waals surface area (Å²) in [5.41, 5.74) is 1.04. The molecule has 0 saturated carbocycles. The minimum absolute atomic E-state index is 0.109. The Morgan fingerprint density at radius 2 is 2.28 bits per heavy atom. The minimum Gasteiger partial charge on any atom is -0.477 e. The van der Waals surface area contributed by atoms with E-state index in [9.17, 15) is 14.4 Å². The first-order chi connectivity index (χ1) is 8.49. The van der Waals surface area contributed by atoms with Crippen molar-refractivity contribution in [2.75, 3.05) is 11.9 Å². The quantitative estimate of drug-likeness (QED) is 0.756. The molecule has 0 aromatic carbocycles. The van der Waals surface area contributed by atoms with Gasteiger partial charge in [-0.05, 0) is 17.9 Å². The lowest BCUT2D eigenvalue weighted by molar-refractivity contribution is -0.123. The predicted molar refractivity (Wildman–Crippen MR) is 65.8 cm³/mol. The third kappa shape index (κ3) is 2.35. The van der Waals surface area contributed by atoms with Gasteiger partial charge in [-0.1, -0.05) is 0 Å². The number of aromatic carboxylic acids is 1. The van der Waals surface area contributed by atoms with Crippen LogP contribution in [0.2, 0.25) is 0 Å². The fourth-order valence-electron chi connectivity index (χ4n) is 1.77. The minimum atomic E-state index is -1.07. The summed E-state index contributed by atoms with van der Waals surface area (Å²) in [5.74, 6) is -1.98. The van der Waals surface area contributed by atoms with Gasteiger partial charge in [0.2, 0.25) is 11.8 Å². The summed E-state index contributed by atoms with van der Waals surface area (Å²) < 4.78 is 0. The SMILES string of the molecule is Cc1csc(C(=O)O)c1NC(=O)C1CNC(=O)C1. The largest absolute Gasteiger partial charge is 0.477 e. The lowest BCUT2D eigenvalue weighted by Gasteiger charge is -2.09. The molecule has 1 aliphatic heterocycles. The first-order valence-corrected chi connectivity index (χ1v) is 6.26. The van der Waals surface area contributed by atoms with Gasteiger partial charge < -0.3 is 15.7 Å². The molecule has 3 N–H and O–H groups in total. The van der Waals surface area contributed by atoms with E-state index in [0.29, 0.717) is 17.8 Å². The van der Waals surface area contributed by atoms with E-state index < -0.39 is 11.9 Å². The van der Waals surface area contributed by atoms with Crippen LogP contribution in [0.1, 0.15) is 21.7 Å². The van der Waals surface area contributed by atoms with Gasteiger partial charge >= 0.3 is 5.97 Å². The van der Waals surface area contributed by atoms with Gasteiger partial charge in [0.1, 0.15) is 4.88 Å². The van der Waals surface area contributed by atoms with E-state index >= 15 is 0 Å². The van der Waals surface area contributed by atoms with Crippen LogP contribution in [-0.2, 0) is 9.59 Å². The molecule has 1 aliphatic rings. The second-order valence-electron chi connectivity index (χ2n) is 4.12. The number of anilines is 1. The Labute approximate surface area is 107 Å². The lowest BCUT2D eigenvalue weighted by Crippen LogP contribution is -2.25. The van der Waals surface area contributed by atoms with E-state index in [2.05, 4.69) is 10.6 Å². The molecule has 1 aromatic rings. The Kier molecular flexibility index (Phi) is 3.33. The van der Waals surface area contributed by atoms with Gasteiger partial charge in [0.15, 0.2) is 0 Å². The number of carbonyl (C=O) groups is 3. The van der Waals surface area contributed by atoms with Crippen molar-refractivity contribution in [3.8, 4) is 0 Å². The Morgan fingerprint density at radius 3 is 2.83 bits per heavy atom. The number of thiophene rings is 1. The summed E-state index contributed by atoms with van der Waals surface area (Å²) in [6.45, 7) is 2.03. The van der Waals surface area contributed by atoms with E-state index in [1.54, 1.807) is 12.3 Å². The molecule has 0 radical (unpaired) electrons. The van der Waals surface area contributed by atoms with Crippen LogP contribution < -0.4 is 10.6 Å². The number of amides is 2. The smallest absolute Gasteiger partial charge is 0.348 e. The van der Waals surface area contributed by atoms with Crippen molar-refractivity contribution < 1.29 is 19.5 Å². The number of carbonyl (C=O) groups excluding carboxylic acids is 2. The molecule has 7 heteroatoms. The Morgan fingerprint density at radius 1 is 1.56 bits per heavy atom. The Hall–Kier alpha value is -1.89. The first-order valence-electron chi connectivity index (χ1n) is 5.38. The Balaban J connectivity index is 2.14. The highest BCUT2D eigenvalue weighted by molar-refractivity contribution is 7.12. The van der Waals surface area contributed by atoms with E-state index in [4.69, 9.17) is 5.11 Å². The highest BCUT2D eigenvalue weighted by Crippen LogP contribution is 2.28. The number of aryl methyl sites for hydroxylation is 1. The van der Waals surface area contributed by atoms with Crippen LogP contribution in [0.5, 0.6) is 0 Å². The van der Waals surface area contributed by atoms with Gasteiger partial charge in [-0.2, -0.15) is 0 Å². The lowest BCUT2D eigenvalue weighted by atomic mass is 10.1. The van der Waals surface area contributed by atoms with Gasteiger partial charge in [-0.3, -0.25) is 9.59 Å². The molecule has 2 heterocycles. The maximum absolute atomic E-state index is 11.9.